The van der Waals surface area contributed by atoms with Crippen LogP contribution >= 0.6 is 0 Å². The smallest absolute Gasteiger partial charge is 0.264 e. The van der Waals surface area contributed by atoms with E-state index in [1.165, 1.54) is 5.57 Å². The number of hydrogen-bond acceptors (Lipinski definition) is 4. The Labute approximate surface area is 223 Å². The number of aliphatic hydroxyl groups excluding tert-OH is 1. The molecule has 2 N–H and O–H groups in total. The van der Waals surface area contributed by atoms with Crippen LogP contribution in [0, 0.1) is 62.7 Å². The summed E-state index contributed by atoms with van der Waals surface area (Å²) in [6.45, 7) is 15.8. The van der Waals surface area contributed by atoms with E-state index in [0.717, 1.165) is 44.9 Å². The van der Waals surface area contributed by atoms with Crippen molar-refractivity contribution < 1.29 is 19.9 Å². The molecule has 0 bridgehead atoms. The molecular weight excluding hydrogens is 462 g/mol. The number of fused-ring (bicyclic) bond motifs is 7. The van der Waals surface area contributed by atoms with Crippen molar-refractivity contribution in [3.05, 3.63) is 11.6 Å². The number of amides is 1. The van der Waals surface area contributed by atoms with Gasteiger partial charge in [-0.15, -0.1) is 5.06 Å². The molecule has 5 aliphatic rings. The highest BCUT2D eigenvalue weighted by Crippen LogP contribution is 2.75. The Hall–Kier alpha value is -1.64. The third-order valence-corrected chi connectivity index (χ3v) is 13.4. The Morgan fingerprint density at radius 3 is 2.30 bits per heavy atom. The predicted molar refractivity (Wildman–Crippen MR) is 143 cm³/mol. The van der Waals surface area contributed by atoms with Gasteiger partial charge in [-0.1, -0.05) is 60.5 Å². The fraction of sp³-hybridized carbons (Fsp3) is 0.812. The lowest BCUT2D eigenvalue weighted by Gasteiger charge is -2.70. The quantitative estimate of drug-likeness (QED) is 0.193. The molecule has 5 heteroatoms. The molecule has 5 rings (SSSR count). The Bertz CT molecular complexity index is 1100. The van der Waals surface area contributed by atoms with Gasteiger partial charge in [-0.2, -0.15) is 0 Å². The van der Waals surface area contributed by atoms with Crippen molar-refractivity contribution in [3.63, 3.8) is 0 Å². The van der Waals surface area contributed by atoms with E-state index in [1.54, 1.807) is 0 Å². The maximum Gasteiger partial charge on any atom is 0.264 e. The van der Waals surface area contributed by atoms with Crippen molar-refractivity contribution >= 4 is 11.7 Å². The van der Waals surface area contributed by atoms with Gasteiger partial charge < -0.3 is 5.11 Å². The SMILES string of the molecule is C#CN(O)C(=O)[C@@]1(C)CC[C@]2(C)CC[C@]3(C)C(=CC(=O)[C@@H]4[C@@]5(C)CC[C@H](O)C(C)(C)C5CC[C@]43C)[C@@H]2C1. The molecule has 37 heavy (non-hydrogen) atoms. The molecule has 4 fully saturated rings. The lowest BCUT2D eigenvalue weighted by atomic mass is 9.33. The molecule has 0 heterocycles. The summed E-state index contributed by atoms with van der Waals surface area (Å²) in [6, 6.07) is 2.08. The monoisotopic (exact) mass is 509 g/mol. The van der Waals surface area contributed by atoms with Crippen molar-refractivity contribution in [2.45, 2.75) is 112 Å². The molecule has 0 aromatic heterocycles. The normalized spacial score (nSPS) is 50.4. The highest BCUT2D eigenvalue weighted by Gasteiger charge is 2.70. The van der Waals surface area contributed by atoms with E-state index in [0.29, 0.717) is 23.8 Å². The van der Waals surface area contributed by atoms with E-state index in [1.807, 2.05) is 13.0 Å². The third kappa shape index (κ3) is 3.30. The van der Waals surface area contributed by atoms with Crippen LogP contribution in [-0.2, 0) is 9.59 Å². The largest absolute Gasteiger partial charge is 0.393 e. The van der Waals surface area contributed by atoms with Gasteiger partial charge in [0.05, 0.1) is 11.5 Å². The number of hydroxylamine groups is 2. The average Bonchev–Trinajstić information content (AvgIpc) is 2.83. The fourth-order valence-electron chi connectivity index (χ4n) is 10.7. The first-order valence-corrected chi connectivity index (χ1v) is 14.4. The van der Waals surface area contributed by atoms with Gasteiger partial charge in [0, 0.05) is 12.0 Å². The van der Waals surface area contributed by atoms with E-state index in [2.05, 4.69) is 47.6 Å². The molecule has 5 aliphatic carbocycles. The highest BCUT2D eigenvalue weighted by molar-refractivity contribution is 5.95. The molecule has 4 saturated carbocycles. The molecule has 0 aromatic carbocycles. The van der Waals surface area contributed by atoms with Crippen LogP contribution in [0.5, 0.6) is 0 Å². The summed E-state index contributed by atoms with van der Waals surface area (Å²) in [5, 5.41) is 21.4. The van der Waals surface area contributed by atoms with E-state index >= 15 is 0 Å². The topological polar surface area (TPSA) is 77.8 Å². The summed E-state index contributed by atoms with van der Waals surface area (Å²) in [5.74, 6) is 0.205. The number of rotatable bonds is 1. The number of nitrogens with zero attached hydrogens (tertiary/aromatic N) is 1. The van der Waals surface area contributed by atoms with Gasteiger partial charge >= 0.3 is 0 Å². The summed E-state index contributed by atoms with van der Waals surface area (Å²) >= 11 is 0. The Morgan fingerprint density at radius 2 is 1.65 bits per heavy atom. The number of carbonyl (C=O) groups is 2. The van der Waals surface area contributed by atoms with Gasteiger partial charge in [0.25, 0.3) is 5.91 Å². The van der Waals surface area contributed by atoms with E-state index in [-0.39, 0.29) is 50.8 Å². The third-order valence-electron chi connectivity index (χ3n) is 13.4. The van der Waals surface area contributed by atoms with Gasteiger partial charge in [0.1, 0.15) is 0 Å². The van der Waals surface area contributed by atoms with Gasteiger partial charge in [-0.25, -0.2) is 0 Å². The minimum Gasteiger partial charge on any atom is -0.393 e. The Morgan fingerprint density at radius 1 is 1.00 bits per heavy atom. The highest BCUT2D eigenvalue weighted by atomic mass is 16.5. The molecule has 0 saturated heterocycles. The number of hydrogen-bond donors (Lipinski definition) is 2. The fourth-order valence-corrected chi connectivity index (χ4v) is 10.7. The van der Waals surface area contributed by atoms with Crippen LogP contribution in [0.15, 0.2) is 11.6 Å². The second-order valence-electron chi connectivity index (χ2n) is 15.4. The molecule has 9 atom stereocenters. The maximum absolute atomic E-state index is 14.3. The number of aliphatic hydroxyl groups is 1. The van der Waals surface area contributed by atoms with E-state index in [9.17, 15) is 19.9 Å². The van der Waals surface area contributed by atoms with E-state index < -0.39 is 11.3 Å². The van der Waals surface area contributed by atoms with Crippen LogP contribution in [0.4, 0.5) is 0 Å². The minimum absolute atomic E-state index is 0.0308. The summed E-state index contributed by atoms with van der Waals surface area (Å²) in [6.07, 6.45) is 15.0. The van der Waals surface area contributed by atoms with Crippen molar-refractivity contribution in [3.8, 4) is 12.5 Å². The maximum atomic E-state index is 14.3. The van der Waals surface area contributed by atoms with Crippen LogP contribution in [0.1, 0.15) is 106 Å². The predicted octanol–water partition coefficient (Wildman–Crippen LogP) is 6.14. The van der Waals surface area contributed by atoms with Crippen LogP contribution < -0.4 is 0 Å². The molecule has 0 aliphatic heterocycles. The van der Waals surface area contributed by atoms with Crippen molar-refractivity contribution in [1.29, 1.82) is 0 Å². The lowest BCUT2D eigenvalue weighted by molar-refractivity contribution is -0.202. The summed E-state index contributed by atoms with van der Waals surface area (Å²) < 4.78 is 0. The van der Waals surface area contributed by atoms with Crippen LogP contribution in [0.3, 0.4) is 0 Å². The molecule has 5 nitrogen and oxygen atoms in total. The number of ketones is 1. The van der Waals surface area contributed by atoms with Crippen LogP contribution in [-0.4, -0.2) is 33.2 Å². The first-order valence-electron chi connectivity index (χ1n) is 14.4. The second kappa shape index (κ2) is 7.95. The zero-order valence-electron chi connectivity index (χ0n) is 24.0. The van der Waals surface area contributed by atoms with Gasteiger partial charge in [0.15, 0.2) is 5.78 Å². The lowest BCUT2D eigenvalue weighted by Crippen LogP contribution is -2.66. The Balaban J connectivity index is 1.59. The van der Waals surface area contributed by atoms with Crippen molar-refractivity contribution in [2.75, 3.05) is 0 Å². The molecule has 0 radical (unpaired) electrons. The molecule has 204 valence electrons. The summed E-state index contributed by atoms with van der Waals surface area (Å²) in [7, 11) is 0. The zero-order valence-corrected chi connectivity index (χ0v) is 24.0. The number of allylic oxidation sites excluding steroid dienone is 2. The van der Waals surface area contributed by atoms with Crippen LogP contribution in [0.2, 0.25) is 0 Å². The van der Waals surface area contributed by atoms with Gasteiger partial charge in [-0.3, -0.25) is 14.8 Å². The zero-order chi connectivity index (χ0) is 27.4. The van der Waals surface area contributed by atoms with Crippen molar-refractivity contribution in [1.82, 2.24) is 5.06 Å². The Kier molecular flexibility index (Phi) is 5.79. The average molecular weight is 510 g/mol. The first-order chi connectivity index (χ1) is 17.0. The molecule has 0 aromatic rings. The summed E-state index contributed by atoms with van der Waals surface area (Å²) in [4.78, 5) is 27.5. The molecular formula is C32H47NO4. The van der Waals surface area contributed by atoms with E-state index in [4.69, 9.17) is 6.42 Å². The first kappa shape index (κ1) is 26.9. The van der Waals surface area contributed by atoms with Gasteiger partial charge in [0.2, 0.25) is 0 Å². The molecule has 1 amide bonds. The molecule has 1 unspecified atom stereocenters. The minimum atomic E-state index is -0.752. The van der Waals surface area contributed by atoms with Crippen molar-refractivity contribution in [2.24, 2.45) is 50.2 Å². The number of terminal acetylenes is 1. The summed E-state index contributed by atoms with van der Waals surface area (Å²) in [5.41, 5.74) is -0.120. The van der Waals surface area contributed by atoms with Crippen LogP contribution in [0.25, 0.3) is 0 Å². The van der Waals surface area contributed by atoms with Gasteiger partial charge in [-0.05, 0) is 103 Å². The standard InChI is InChI=1S/C32H47NO4/c1-9-33(37)26(36)29(5)15-14-28(4)16-17-31(7)20(21(28)19-29)18-22(34)25-30(6)12-11-24(35)27(2,3)23(30)10-13-32(25,31)8/h1,18,21,23-25,35,37H,10-17,19H2,2-8H3/t21-,23?,24-,25+,28+,29-,30-,31+,32+/m0/s1. The number of carbonyl (C=O) groups excluding carboxylic acids is 2. The molecule has 0 spiro atoms. The second-order valence-corrected chi connectivity index (χ2v) is 15.4.